The highest BCUT2D eigenvalue weighted by atomic mass is 16.5. The summed E-state index contributed by atoms with van der Waals surface area (Å²) in [6, 6.07) is 5.57. The molecule has 154 valence electrons. The lowest BCUT2D eigenvalue weighted by Crippen LogP contribution is -2.42. The number of aliphatic imine (C=N–C) groups is 1. The van der Waals surface area contributed by atoms with Crippen molar-refractivity contribution in [3.8, 4) is 5.75 Å². The van der Waals surface area contributed by atoms with Crippen molar-refractivity contribution in [3.05, 3.63) is 23.8 Å². The number of hydrogen-bond acceptors (Lipinski definition) is 7. The number of nitrogens with two attached hydrogens (primary N) is 1. The normalized spacial score (nSPS) is 14.0. The van der Waals surface area contributed by atoms with Crippen molar-refractivity contribution in [3.63, 3.8) is 0 Å². The molecule has 1 aromatic carbocycles. The first kappa shape index (κ1) is 21.5. The van der Waals surface area contributed by atoms with E-state index in [9.17, 15) is 9.59 Å². The Morgan fingerprint density at radius 1 is 1.36 bits per heavy atom. The van der Waals surface area contributed by atoms with Crippen LogP contribution in [0.25, 0.3) is 0 Å². The third-order valence-electron chi connectivity index (χ3n) is 4.50. The molecular weight excluding hydrogens is 360 g/mol. The van der Waals surface area contributed by atoms with Crippen LogP contribution in [-0.4, -0.2) is 61.0 Å². The summed E-state index contributed by atoms with van der Waals surface area (Å²) in [4.78, 5) is 31.3. The van der Waals surface area contributed by atoms with Crippen LogP contribution in [0.15, 0.2) is 23.2 Å². The molecule has 0 saturated carbocycles. The van der Waals surface area contributed by atoms with Gasteiger partial charge in [-0.2, -0.15) is 0 Å². The van der Waals surface area contributed by atoms with Gasteiger partial charge in [0.15, 0.2) is 5.96 Å². The summed E-state index contributed by atoms with van der Waals surface area (Å²) >= 11 is 0. The van der Waals surface area contributed by atoms with Gasteiger partial charge in [-0.1, -0.05) is 6.92 Å². The smallest absolute Gasteiger partial charge is 0.325 e. The Kier molecular flexibility index (Phi) is 7.66. The fourth-order valence-electron chi connectivity index (χ4n) is 2.64. The third-order valence-corrected chi connectivity index (χ3v) is 4.50. The molecule has 0 fully saturated rings. The second kappa shape index (κ2) is 9.96. The highest BCUT2D eigenvalue weighted by molar-refractivity contribution is 5.87. The number of fused-ring (bicyclic) bond motifs is 1. The van der Waals surface area contributed by atoms with Gasteiger partial charge in [-0.3, -0.25) is 9.59 Å². The highest BCUT2D eigenvalue weighted by Crippen LogP contribution is 2.29. The molecule has 8 nitrogen and oxygen atoms in total. The number of esters is 1. The average molecular weight is 390 g/mol. The van der Waals surface area contributed by atoms with E-state index in [1.54, 1.807) is 23.9 Å². The second-order valence-electron chi connectivity index (χ2n) is 7.07. The fraction of sp³-hybridized carbons (Fsp3) is 0.550. The molecule has 0 bridgehead atoms. The van der Waals surface area contributed by atoms with Gasteiger partial charge in [0.05, 0.1) is 18.4 Å². The van der Waals surface area contributed by atoms with Gasteiger partial charge in [0.25, 0.3) is 0 Å². The SMILES string of the molecule is CCC(C)OC(=O)CN1Cc2cc(OCCCC(=O)N(C)C)ccc2N=C1N. The van der Waals surface area contributed by atoms with Crippen LogP contribution in [0.1, 0.15) is 38.7 Å². The Balaban J connectivity index is 1.93. The second-order valence-corrected chi connectivity index (χ2v) is 7.07. The number of guanidine groups is 1. The van der Waals surface area contributed by atoms with Gasteiger partial charge < -0.3 is 25.0 Å². The van der Waals surface area contributed by atoms with Crippen molar-refractivity contribution in [1.29, 1.82) is 0 Å². The molecular formula is C20H30N4O4. The third kappa shape index (κ3) is 6.14. The molecule has 1 atom stereocenters. The predicted octanol–water partition coefficient (Wildman–Crippen LogP) is 2.04. The van der Waals surface area contributed by atoms with E-state index in [2.05, 4.69) is 4.99 Å². The Labute approximate surface area is 166 Å². The van der Waals surface area contributed by atoms with Crippen LogP contribution in [0.5, 0.6) is 5.75 Å². The number of rotatable bonds is 9. The first-order valence-corrected chi connectivity index (χ1v) is 9.54. The molecule has 0 saturated heterocycles. The number of ether oxygens (including phenoxy) is 2. The molecule has 1 aliphatic heterocycles. The maximum absolute atomic E-state index is 12.1. The topological polar surface area (TPSA) is 97.5 Å². The summed E-state index contributed by atoms with van der Waals surface area (Å²) in [6.07, 6.45) is 1.73. The quantitative estimate of drug-likeness (QED) is 0.512. The monoisotopic (exact) mass is 390 g/mol. The van der Waals surface area contributed by atoms with E-state index in [0.717, 1.165) is 17.7 Å². The molecule has 1 aromatic rings. The van der Waals surface area contributed by atoms with E-state index in [4.69, 9.17) is 15.2 Å². The van der Waals surface area contributed by atoms with Crippen molar-refractivity contribution in [1.82, 2.24) is 9.80 Å². The maximum Gasteiger partial charge on any atom is 0.325 e. The highest BCUT2D eigenvalue weighted by Gasteiger charge is 2.22. The molecule has 1 heterocycles. The molecule has 28 heavy (non-hydrogen) atoms. The molecule has 0 aromatic heterocycles. The molecule has 1 unspecified atom stereocenters. The molecule has 2 rings (SSSR count). The summed E-state index contributed by atoms with van der Waals surface area (Å²) in [6.45, 7) is 4.78. The standard InChI is InChI=1S/C20H30N4O4/c1-5-14(2)28-19(26)13-24-12-15-11-16(8-9-17(15)22-20(24)21)27-10-6-7-18(25)23(3)4/h8-9,11,14H,5-7,10,12-13H2,1-4H3,(H2,21,22). The summed E-state index contributed by atoms with van der Waals surface area (Å²) in [7, 11) is 3.48. The van der Waals surface area contributed by atoms with Crippen molar-refractivity contribution in [2.75, 3.05) is 27.2 Å². The summed E-state index contributed by atoms with van der Waals surface area (Å²) in [5, 5.41) is 0. The molecule has 1 aliphatic rings. The first-order chi connectivity index (χ1) is 13.3. The van der Waals surface area contributed by atoms with Crippen molar-refractivity contribution in [2.45, 2.75) is 45.8 Å². The molecule has 0 aliphatic carbocycles. The Hall–Kier alpha value is -2.77. The van der Waals surface area contributed by atoms with Gasteiger partial charge in [-0.15, -0.1) is 0 Å². The minimum absolute atomic E-state index is 0.0524. The zero-order valence-corrected chi connectivity index (χ0v) is 17.1. The molecule has 2 N–H and O–H groups in total. The molecule has 8 heteroatoms. The fourth-order valence-corrected chi connectivity index (χ4v) is 2.64. The van der Waals surface area contributed by atoms with E-state index in [-0.39, 0.29) is 24.5 Å². The Morgan fingerprint density at radius 2 is 2.11 bits per heavy atom. The van der Waals surface area contributed by atoms with Gasteiger partial charge in [0, 0.05) is 32.6 Å². The molecule has 0 spiro atoms. The first-order valence-electron chi connectivity index (χ1n) is 9.54. The van der Waals surface area contributed by atoms with Gasteiger partial charge in [-0.05, 0) is 38.0 Å². The number of carbonyl (C=O) groups excluding carboxylic acids is 2. The number of amides is 1. The average Bonchev–Trinajstić information content (AvgIpc) is 2.65. The van der Waals surface area contributed by atoms with Crippen molar-refractivity contribution in [2.24, 2.45) is 10.7 Å². The zero-order chi connectivity index (χ0) is 20.7. The van der Waals surface area contributed by atoms with Crippen LogP contribution < -0.4 is 10.5 Å². The van der Waals surface area contributed by atoms with E-state index < -0.39 is 0 Å². The summed E-state index contributed by atoms with van der Waals surface area (Å²) in [5.74, 6) is 0.756. The van der Waals surface area contributed by atoms with E-state index >= 15 is 0 Å². The van der Waals surface area contributed by atoms with E-state index in [1.165, 1.54) is 0 Å². The van der Waals surface area contributed by atoms with Gasteiger partial charge in [-0.25, -0.2) is 4.99 Å². The Bertz CT molecular complexity index is 733. The van der Waals surface area contributed by atoms with Crippen LogP contribution in [0, 0.1) is 0 Å². The lowest BCUT2D eigenvalue weighted by atomic mass is 10.1. The van der Waals surface area contributed by atoms with E-state index in [0.29, 0.717) is 37.7 Å². The number of nitrogens with zero attached hydrogens (tertiary/aromatic N) is 3. The van der Waals surface area contributed by atoms with Crippen LogP contribution in [0.4, 0.5) is 5.69 Å². The van der Waals surface area contributed by atoms with Crippen LogP contribution in [-0.2, 0) is 20.9 Å². The number of carbonyl (C=O) groups is 2. The zero-order valence-electron chi connectivity index (χ0n) is 17.1. The summed E-state index contributed by atoms with van der Waals surface area (Å²) < 4.78 is 11.1. The minimum Gasteiger partial charge on any atom is -0.494 e. The van der Waals surface area contributed by atoms with Crippen LogP contribution in [0.2, 0.25) is 0 Å². The lowest BCUT2D eigenvalue weighted by Gasteiger charge is -2.28. The van der Waals surface area contributed by atoms with Crippen LogP contribution in [0.3, 0.4) is 0 Å². The predicted molar refractivity (Wildman–Crippen MR) is 107 cm³/mol. The minimum atomic E-state index is -0.325. The lowest BCUT2D eigenvalue weighted by molar-refractivity contribution is -0.148. The number of hydrogen-bond donors (Lipinski definition) is 1. The van der Waals surface area contributed by atoms with Crippen LogP contribution >= 0.6 is 0 Å². The summed E-state index contributed by atoms with van der Waals surface area (Å²) in [5.41, 5.74) is 7.68. The van der Waals surface area contributed by atoms with Gasteiger partial charge >= 0.3 is 5.97 Å². The van der Waals surface area contributed by atoms with Crippen molar-refractivity contribution < 1.29 is 19.1 Å². The van der Waals surface area contributed by atoms with E-state index in [1.807, 2.05) is 32.0 Å². The number of benzene rings is 1. The molecule has 1 amide bonds. The maximum atomic E-state index is 12.1. The largest absolute Gasteiger partial charge is 0.494 e. The van der Waals surface area contributed by atoms with Gasteiger partial charge in [0.2, 0.25) is 5.91 Å². The molecule has 0 radical (unpaired) electrons. The van der Waals surface area contributed by atoms with Crippen molar-refractivity contribution >= 4 is 23.5 Å². The van der Waals surface area contributed by atoms with Gasteiger partial charge in [0.1, 0.15) is 12.3 Å². The Morgan fingerprint density at radius 3 is 2.79 bits per heavy atom.